The van der Waals surface area contributed by atoms with Crippen LogP contribution < -0.4 is 20.4 Å². The summed E-state index contributed by atoms with van der Waals surface area (Å²) in [5, 5.41) is 6.88. The number of nitrogens with one attached hydrogen (secondary N) is 2. The SMILES string of the molecule is CN[C@@H](C)C(=O)N[C@@H]1C(=O)N(Cc2c(C3CC3)cnc3ccccc23)c2ccccc2N(C(=O)c2ccc(C(C)=O)cc2)[C@H]1C.Cl.Cl. The normalized spacial score (nSPS) is 17.9. The van der Waals surface area contributed by atoms with E-state index in [0.717, 1.165) is 34.9 Å². The Bertz CT molecular complexity index is 1810. The first kappa shape index (κ1) is 35.5. The van der Waals surface area contributed by atoms with Gasteiger partial charge in [-0.3, -0.25) is 24.2 Å². The van der Waals surface area contributed by atoms with Gasteiger partial charge in [0.05, 0.1) is 35.5 Å². The molecule has 1 fully saturated rings. The molecule has 47 heavy (non-hydrogen) atoms. The number of Topliss-reactive ketones (excluding diaryl/α,β-unsaturated/α-hetero) is 1. The zero-order valence-electron chi connectivity index (χ0n) is 26.7. The average molecular weight is 677 g/mol. The van der Waals surface area contributed by atoms with Gasteiger partial charge in [-0.15, -0.1) is 24.8 Å². The monoisotopic (exact) mass is 675 g/mol. The first-order valence-electron chi connectivity index (χ1n) is 15.4. The lowest BCUT2D eigenvalue weighted by atomic mass is 9.99. The molecule has 3 atom stereocenters. The number of carbonyl (C=O) groups is 4. The molecule has 1 aliphatic heterocycles. The predicted molar refractivity (Wildman–Crippen MR) is 189 cm³/mol. The number of amides is 3. The number of hydrogen-bond acceptors (Lipinski definition) is 6. The van der Waals surface area contributed by atoms with Gasteiger partial charge in [0.25, 0.3) is 11.8 Å². The van der Waals surface area contributed by atoms with Gasteiger partial charge >= 0.3 is 0 Å². The summed E-state index contributed by atoms with van der Waals surface area (Å²) in [7, 11) is 1.68. The number of nitrogens with zero attached hydrogens (tertiary/aromatic N) is 3. The molecule has 11 heteroatoms. The molecule has 2 aliphatic rings. The van der Waals surface area contributed by atoms with E-state index in [1.54, 1.807) is 55.0 Å². The number of fused-ring (bicyclic) bond motifs is 2. The van der Waals surface area contributed by atoms with Crippen LogP contribution in [0.5, 0.6) is 0 Å². The molecule has 3 aromatic carbocycles. The van der Waals surface area contributed by atoms with Crippen LogP contribution in [0.1, 0.15) is 71.4 Å². The van der Waals surface area contributed by atoms with Gasteiger partial charge in [-0.25, -0.2) is 0 Å². The van der Waals surface area contributed by atoms with Crippen molar-refractivity contribution in [3.05, 3.63) is 101 Å². The minimum absolute atomic E-state index is 0. The molecule has 1 aromatic heterocycles. The first-order valence-corrected chi connectivity index (χ1v) is 15.4. The third-order valence-electron chi connectivity index (χ3n) is 8.99. The van der Waals surface area contributed by atoms with Crippen LogP contribution in [0, 0.1) is 0 Å². The third-order valence-corrected chi connectivity index (χ3v) is 8.99. The first-order chi connectivity index (χ1) is 21.7. The Hall–Kier alpha value is -4.31. The quantitative estimate of drug-likeness (QED) is 0.227. The van der Waals surface area contributed by atoms with Crippen molar-refractivity contribution in [1.29, 1.82) is 0 Å². The van der Waals surface area contributed by atoms with Crippen LogP contribution in [0.2, 0.25) is 0 Å². The fraction of sp³-hybridized carbons (Fsp3) is 0.306. The van der Waals surface area contributed by atoms with Gasteiger partial charge in [0.15, 0.2) is 5.78 Å². The number of carbonyl (C=O) groups excluding carboxylic acids is 4. The van der Waals surface area contributed by atoms with E-state index in [0.29, 0.717) is 28.4 Å². The second kappa shape index (κ2) is 14.6. The van der Waals surface area contributed by atoms with Crippen LogP contribution in [-0.4, -0.2) is 53.7 Å². The number of ketones is 1. The van der Waals surface area contributed by atoms with Crippen molar-refractivity contribution in [2.45, 2.75) is 64.2 Å². The number of hydrogen-bond donors (Lipinski definition) is 2. The van der Waals surface area contributed by atoms with Crippen molar-refractivity contribution < 1.29 is 19.2 Å². The molecule has 6 rings (SSSR count). The molecular weight excluding hydrogens is 637 g/mol. The number of aromatic nitrogens is 1. The van der Waals surface area contributed by atoms with E-state index in [1.165, 1.54) is 6.92 Å². The number of halogens is 2. The Morgan fingerprint density at radius 3 is 2.17 bits per heavy atom. The lowest BCUT2D eigenvalue weighted by molar-refractivity contribution is -0.128. The summed E-state index contributed by atoms with van der Waals surface area (Å²) in [6, 6.07) is 19.5. The minimum atomic E-state index is -1.04. The predicted octanol–water partition coefficient (Wildman–Crippen LogP) is 5.83. The van der Waals surface area contributed by atoms with Crippen molar-refractivity contribution in [2.24, 2.45) is 0 Å². The van der Waals surface area contributed by atoms with Crippen LogP contribution in [-0.2, 0) is 16.1 Å². The van der Waals surface area contributed by atoms with Crippen molar-refractivity contribution in [1.82, 2.24) is 15.6 Å². The Balaban J connectivity index is 0.00000250. The van der Waals surface area contributed by atoms with Crippen LogP contribution in [0.15, 0.2) is 79.0 Å². The molecule has 1 aliphatic carbocycles. The molecule has 9 nitrogen and oxygen atoms in total. The van der Waals surface area contributed by atoms with Gasteiger partial charge in [0, 0.05) is 22.7 Å². The smallest absolute Gasteiger partial charge is 0.258 e. The Morgan fingerprint density at radius 1 is 0.915 bits per heavy atom. The van der Waals surface area contributed by atoms with Crippen LogP contribution in [0.4, 0.5) is 11.4 Å². The molecule has 0 radical (unpaired) electrons. The lowest BCUT2D eigenvalue weighted by Gasteiger charge is -2.32. The summed E-state index contributed by atoms with van der Waals surface area (Å²) in [4.78, 5) is 62.2. The molecular formula is C36H39Cl2N5O4. The van der Waals surface area contributed by atoms with Gasteiger partial charge in [-0.2, -0.15) is 0 Å². The maximum atomic E-state index is 14.7. The molecule has 0 bridgehead atoms. The van der Waals surface area contributed by atoms with Gasteiger partial charge in [-0.05, 0) is 88.0 Å². The van der Waals surface area contributed by atoms with Gasteiger partial charge in [-0.1, -0.05) is 42.5 Å². The highest BCUT2D eigenvalue weighted by Gasteiger charge is 2.43. The van der Waals surface area contributed by atoms with E-state index in [4.69, 9.17) is 4.98 Å². The van der Waals surface area contributed by atoms with Crippen molar-refractivity contribution >= 4 is 70.6 Å². The highest BCUT2D eigenvalue weighted by atomic mass is 35.5. The zero-order valence-corrected chi connectivity index (χ0v) is 28.4. The molecule has 0 spiro atoms. The third kappa shape index (κ3) is 6.88. The number of anilines is 2. The summed E-state index contributed by atoms with van der Waals surface area (Å²) >= 11 is 0. The Kier molecular flexibility index (Phi) is 11.1. The Labute approximate surface area is 286 Å². The second-order valence-corrected chi connectivity index (χ2v) is 11.9. The summed E-state index contributed by atoms with van der Waals surface area (Å²) < 4.78 is 0. The second-order valence-electron chi connectivity index (χ2n) is 11.9. The number of para-hydroxylation sites is 3. The molecule has 3 amide bonds. The summed E-state index contributed by atoms with van der Waals surface area (Å²) in [6.45, 7) is 5.23. The standard InChI is InChI=1S/C36H37N5O4.2ClH/c1-21(37-4)34(43)39-33-22(2)41(35(44)26-17-13-24(14-18-26)23(3)42)32-12-8-7-11-31(32)40(36(33)45)20-29-27-9-5-6-10-30(27)38-19-28(29)25-15-16-25;;/h5-14,17-19,21-22,25,33,37H,15-16,20H2,1-4H3,(H,39,43);2*1H/t21-,22-,33-;;/m0../s1. The molecule has 2 heterocycles. The highest BCUT2D eigenvalue weighted by molar-refractivity contribution is 6.13. The van der Waals surface area contributed by atoms with Crippen LogP contribution in [0.3, 0.4) is 0 Å². The van der Waals surface area contributed by atoms with Crippen molar-refractivity contribution in [3.8, 4) is 0 Å². The fourth-order valence-corrected chi connectivity index (χ4v) is 6.09. The molecule has 0 saturated heterocycles. The largest absolute Gasteiger partial charge is 0.341 e. The van der Waals surface area contributed by atoms with Crippen LogP contribution >= 0.6 is 24.8 Å². The molecule has 246 valence electrons. The topological polar surface area (TPSA) is 112 Å². The molecule has 2 N–H and O–H groups in total. The Morgan fingerprint density at radius 2 is 1.53 bits per heavy atom. The number of pyridine rings is 1. The number of likely N-dealkylation sites (N-methyl/N-ethyl adjacent to an activating group) is 1. The zero-order chi connectivity index (χ0) is 31.8. The molecule has 0 unspecified atom stereocenters. The van der Waals surface area contributed by atoms with E-state index in [-0.39, 0.29) is 54.9 Å². The van der Waals surface area contributed by atoms with Gasteiger partial charge in [0.1, 0.15) is 6.04 Å². The summed E-state index contributed by atoms with van der Waals surface area (Å²) in [5.41, 5.74) is 4.99. The van der Waals surface area contributed by atoms with E-state index in [1.807, 2.05) is 54.7 Å². The van der Waals surface area contributed by atoms with Gasteiger partial charge < -0.3 is 20.4 Å². The van der Waals surface area contributed by atoms with Crippen molar-refractivity contribution in [3.63, 3.8) is 0 Å². The summed E-state index contributed by atoms with van der Waals surface area (Å²) in [6.07, 6.45) is 4.07. The number of rotatable bonds is 8. The van der Waals surface area contributed by atoms with E-state index < -0.39 is 18.1 Å². The minimum Gasteiger partial charge on any atom is -0.341 e. The maximum Gasteiger partial charge on any atom is 0.258 e. The van der Waals surface area contributed by atoms with Gasteiger partial charge in [0.2, 0.25) is 5.91 Å². The highest BCUT2D eigenvalue weighted by Crippen LogP contribution is 2.44. The number of benzene rings is 3. The summed E-state index contributed by atoms with van der Waals surface area (Å²) in [5.74, 6) is -0.708. The molecule has 4 aromatic rings. The van der Waals surface area contributed by atoms with Crippen LogP contribution in [0.25, 0.3) is 10.9 Å². The maximum absolute atomic E-state index is 14.7. The lowest BCUT2D eigenvalue weighted by Crippen LogP contribution is -2.59. The van der Waals surface area contributed by atoms with E-state index >= 15 is 0 Å². The van der Waals surface area contributed by atoms with E-state index in [9.17, 15) is 19.2 Å². The average Bonchev–Trinajstić information content (AvgIpc) is 3.91. The molecule has 1 saturated carbocycles. The fourth-order valence-electron chi connectivity index (χ4n) is 6.09. The van der Waals surface area contributed by atoms with E-state index in [2.05, 4.69) is 10.6 Å². The van der Waals surface area contributed by atoms with Crippen molar-refractivity contribution in [2.75, 3.05) is 16.8 Å².